The maximum atomic E-state index is 13.5. The van der Waals surface area contributed by atoms with E-state index in [9.17, 15) is 26.4 Å². The smallest absolute Gasteiger partial charge is 0.425 e. The molecule has 0 radical (unpaired) electrons. The zero-order chi connectivity index (χ0) is 26.4. The van der Waals surface area contributed by atoms with Crippen molar-refractivity contribution in [2.24, 2.45) is 0 Å². The number of aryl methyl sites for hydroxylation is 2. The Hall–Kier alpha value is -3.33. The molecule has 3 aromatic carbocycles. The van der Waals surface area contributed by atoms with Crippen LogP contribution >= 0.6 is 0 Å². The van der Waals surface area contributed by atoms with Crippen LogP contribution < -0.4 is 4.74 Å². The summed E-state index contributed by atoms with van der Waals surface area (Å²) in [6.07, 6.45) is -5.86. The fraction of sp³-hybridized carbons (Fsp3) is 0.296. The molecule has 1 aliphatic rings. The first-order valence-electron chi connectivity index (χ1n) is 11.3. The summed E-state index contributed by atoms with van der Waals surface area (Å²) in [5, 5.41) is 0. The first kappa shape index (κ1) is 25.8. The summed E-state index contributed by atoms with van der Waals surface area (Å²) in [5.41, 5.74) is 6.00. The molecule has 0 aromatic heterocycles. The lowest BCUT2D eigenvalue weighted by atomic mass is 9.94. The predicted molar refractivity (Wildman–Crippen MR) is 131 cm³/mol. The van der Waals surface area contributed by atoms with E-state index >= 15 is 0 Å². The highest BCUT2D eigenvalue weighted by Gasteiger charge is 2.39. The van der Waals surface area contributed by atoms with E-state index in [1.165, 1.54) is 4.90 Å². The number of hydrogen-bond acceptors (Lipinski definition) is 4. The van der Waals surface area contributed by atoms with Crippen molar-refractivity contribution in [3.63, 3.8) is 0 Å². The van der Waals surface area contributed by atoms with Crippen molar-refractivity contribution in [1.29, 1.82) is 0 Å². The third kappa shape index (κ3) is 5.11. The summed E-state index contributed by atoms with van der Waals surface area (Å²) in [5.74, 6) is -0.917. The minimum atomic E-state index is -4.65. The van der Waals surface area contributed by atoms with Crippen LogP contribution in [0.5, 0.6) is 5.75 Å². The highest BCUT2D eigenvalue weighted by molar-refractivity contribution is 7.90. The monoisotopic (exact) mass is 517 g/mol. The van der Waals surface area contributed by atoms with Gasteiger partial charge in [-0.25, -0.2) is 8.42 Å². The number of hydrogen-bond donors (Lipinski definition) is 0. The Morgan fingerprint density at radius 2 is 1.61 bits per heavy atom. The van der Waals surface area contributed by atoms with Gasteiger partial charge in [0.15, 0.2) is 15.9 Å². The first-order chi connectivity index (χ1) is 16.8. The van der Waals surface area contributed by atoms with E-state index in [2.05, 4.69) is 0 Å². The number of carbonyl (C=O) groups excluding carboxylic acids is 1. The molecule has 1 amide bonds. The number of nitrogens with zero attached hydrogens (tertiary/aromatic N) is 1. The number of sulfone groups is 1. The van der Waals surface area contributed by atoms with Gasteiger partial charge in [0.25, 0.3) is 5.91 Å². The Morgan fingerprint density at radius 3 is 2.22 bits per heavy atom. The number of halogens is 3. The quantitative estimate of drug-likeness (QED) is 0.425. The highest BCUT2D eigenvalue weighted by Crippen LogP contribution is 2.35. The van der Waals surface area contributed by atoms with Crippen LogP contribution in [0.15, 0.2) is 59.5 Å². The van der Waals surface area contributed by atoms with E-state index in [4.69, 9.17) is 4.74 Å². The van der Waals surface area contributed by atoms with Crippen LogP contribution in [0.1, 0.15) is 39.5 Å². The molecule has 9 heteroatoms. The normalized spacial score (nSPS) is 14.5. The number of benzene rings is 3. The maximum Gasteiger partial charge on any atom is 0.425 e. The molecule has 4 rings (SSSR count). The average molecular weight is 518 g/mol. The van der Waals surface area contributed by atoms with E-state index in [-0.39, 0.29) is 29.3 Å². The second-order valence-electron chi connectivity index (χ2n) is 9.14. The molecule has 0 aliphatic carbocycles. The molecule has 36 heavy (non-hydrogen) atoms. The average Bonchev–Trinajstić information content (AvgIpc) is 3.21. The van der Waals surface area contributed by atoms with E-state index in [1.807, 2.05) is 50.2 Å². The van der Waals surface area contributed by atoms with Crippen LogP contribution in [0, 0.1) is 13.8 Å². The molecule has 0 saturated heterocycles. The summed E-state index contributed by atoms with van der Waals surface area (Å²) in [6.45, 7) is 5.38. The van der Waals surface area contributed by atoms with Gasteiger partial charge in [0.1, 0.15) is 5.75 Å². The fourth-order valence-corrected chi connectivity index (χ4v) is 5.05. The van der Waals surface area contributed by atoms with Gasteiger partial charge in [0.2, 0.25) is 0 Å². The van der Waals surface area contributed by atoms with E-state index in [0.717, 1.165) is 64.8 Å². The van der Waals surface area contributed by atoms with Crippen LogP contribution in [0.25, 0.3) is 11.1 Å². The lowest BCUT2D eigenvalue weighted by molar-refractivity contribution is -0.189. The summed E-state index contributed by atoms with van der Waals surface area (Å²) in [6, 6.07) is 15.3. The van der Waals surface area contributed by atoms with Gasteiger partial charge in [-0.1, -0.05) is 30.3 Å². The van der Waals surface area contributed by atoms with Crippen LogP contribution in [0.3, 0.4) is 0 Å². The van der Waals surface area contributed by atoms with Crippen molar-refractivity contribution in [3.05, 3.63) is 82.4 Å². The van der Waals surface area contributed by atoms with Crippen molar-refractivity contribution in [2.75, 3.05) is 6.26 Å². The van der Waals surface area contributed by atoms with Crippen LogP contribution in [-0.4, -0.2) is 37.8 Å². The van der Waals surface area contributed by atoms with Gasteiger partial charge in [0.05, 0.1) is 10.5 Å². The molecule has 190 valence electrons. The zero-order valence-corrected chi connectivity index (χ0v) is 21.1. The minimum Gasteiger partial charge on any atom is -0.480 e. The van der Waals surface area contributed by atoms with Crippen molar-refractivity contribution in [1.82, 2.24) is 4.90 Å². The second-order valence-corrected chi connectivity index (χ2v) is 11.2. The molecule has 1 unspecified atom stereocenters. The van der Waals surface area contributed by atoms with Crippen molar-refractivity contribution < 1.29 is 31.1 Å². The van der Waals surface area contributed by atoms with Crippen LogP contribution in [-0.2, 0) is 22.9 Å². The Morgan fingerprint density at radius 1 is 0.972 bits per heavy atom. The maximum absolute atomic E-state index is 13.5. The Balaban J connectivity index is 1.68. The standard InChI is InChI=1S/C27H26F3NO4S/c1-16-6-5-7-17(2)25(16)19-8-9-20-14-31(15-21(20)12-19)26(32)23-13-22(36(4,33)34)10-11-24(23)35-18(3)27(28,29)30/h5-13,18H,14-15H2,1-4H3. The summed E-state index contributed by atoms with van der Waals surface area (Å²) in [4.78, 5) is 14.8. The molecule has 1 atom stereocenters. The molecule has 0 bridgehead atoms. The summed E-state index contributed by atoms with van der Waals surface area (Å²) < 4.78 is 68.6. The molecule has 1 heterocycles. The topological polar surface area (TPSA) is 63.7 Å². The first-order valence-corrected chi connectivity index (χ1v) is 13.2. The second kappa shape index (κ2) is 9.28. The van der Waals surface area contributed by atoms with Gasteiger partial charge < -0.3 is 9.64 Å². The Labute approximate surface area is 208 Å². The molecule has 0 fully saturated rings. The fourth-order valence-electron chi connectivity index (χ4n) is 4.40. The van der Waals surface area contributed by atoms with Crippen molar-refractivity contribution >= 4 is 15.7 Å². The number of rotatable bonds is 5. The van der Waals surface area contributed by atoms with Crippen LogP contribution in [0.4, 0.5) is 13.2 Å². The molecular formula is C27H26F3NO4S. The third-order valence-corrected chi connectivity index (χ3v) is 7.47. The van der Waals surface area contributed by atoms with E-state index in [0.29, 0.717) is 0 Å². The van der Waals surface area contributed by atoms with Crippen LogP contribution in [0.2, 0.25) is 0 Å². The molecular weight excluding hydrogens is 491 g/mol. The molecule has 0 N–H and O–H groups in total. The van der Waals surface area contributed by atoms with E-state index in [1.54, 1.807) is 0 Å². The molecule has 0 saturated carbocycles. The lowest BCUT2D eigenvalue weighted by Crippen LogP contribution is -2.32. The molecule has 1 aliphatic heterocycles. The van der Waals surface area contributed by atoms with E-state index < -0.39 is 28.0 Å². The van der Waals surface area contributed by atoms with Gasteiger partial charge >= 0.3 is 6.18 Å². The van der Waals surface area contributed by atoms with Crippen molar-refractivity contribution in [3.8, 4) is 16.9 Å². The number of alkyl halides is 3. The number of ether oxygens (including phenoxy) is 1. The Kier molecular flexibility index (Phi) is 6.64. The van der Waals surface area contributed by atoms with Gasteiger partial charge in [-0.05, 0) is 78.4 Å². The van der Waals surface area contributed by atoms with Gasteiger partial charge in [0, 0.05) is 19.3 Å². The molecule has 3 aromatic rings. The summed E-state index contributed by atoms with van der Waals surface area (Å²) >= 11 is 0. The number of fused-ring (bicyclic) bond motifs is 1. The lowest BCUT2D eigenvalue weighted by Gasteiger charge is -2.22. The minimum absolute atomic E-state index is 0.174. The van der Waals surface area contributed by atoms with Gasteiger partial charge in [-0.3, -0.25) is 4.79 Å². The van der Waals surface area contributed by atoms with Crippen molar-refractivity contribution in [2.45, 2.75) is 51.0 Å². The number of carbonyl (C=O) groups is 1. The molecule has 0 spiro atoms. The molecule has 5 nitrogen and oxygen atoms in total. The summed E-state index contributed by atoms with van der Waals surface area (Å²) in [7, 11) is -3.70. The SMILES string of the molecule is Cc1cccc(C)c1-c1ccc2c(c1)CN(C(=O)c1cc(S(C)(=O)=O)ccc1OC(C)C(F)(F)F)C2. The van der Waals surface area contributed by atoms with Gasteiger partial charge in [-0.2, -0.15) is 13.2 Å². The highest BCUT2D eigenvalue weighted by atomic mass is 32.2. The Bertz CT molecular complexity index is 1430. The largest absolute Gasteiger partial charge is 0.480 e. The third-order valence-electron chi connectivity index (χ3n) is 6.36. The predicted octanol–water partition coefficient (Wildman–Crippen LogP) is 5.86. The number of amides is 1. The van der Waals surface area contributed by atoms with Gasteiger partial charge in [-0.15, -0.1) is 0 Å². The zero-order valence-electron chi connectivity index (χ0n) is 20.3.